The van der Waals surface area contributed by atoms with E-state index in [1.54, 1.807) is 6.07 Å². The number of carbonyl (C=O) groups excluding carboxylic acids is 1. The summed E-state index contributed by atoms with van der Waals surface area (Å²) in [5.41, 5.74) is 0.733. The highest BCUT2D eigenvalue weighted by Gasteiger charge is 2.18. The fourth-order valence-electron chi connectivity index (χ4n) is 3.02. The second-order valence-corrected chi connectivity index (χ2v) is 6.24. The summed E-state index contributed by atoms with van der Waals surface area (Å²) >= 11 is 0. The van der Waals surface area contributed by atoms with Gasteiger partial charge < -0.3 is 14.8 Å². The van der Waals surface area contributed by atoms with Gasteiger partial charge in [-0.15, -0.1) is 0 Å². The molecule has 0 saturated heterocycles. The Labute approximate surface area is 162 Å². The van der Waals surface area contributed by atoms with Crippen LogP contribution >= 0.6 is 0 Å². The van der Waals surface area contributed by atoms with Crippen LogP contribution in [0.5, 0.6) is 11.5 Å². The van der Waals surface area contributed by atoms with Crippen molar-refractivity contribution in [2.75, 3.05) is 13.7 Å². The number of rotatable bonds is 7. The van der Waals surface area contributed by atoms with E-state index in [0.29, 0.717) is 5.75 Å². The fourth-order valence-corrected chi connectivity index (χ4v) is 3.02. The summed E-state index contributed by atoms with van der Waals surface area (Å²) in [4.78, 5) is 22.9. The lowest BCUT2D eigenvalue weighted by molar-refractivity contribution is -0.385. The molecule has 0 aliphatic heterocycles. The van der Waals surface area contributed by atoms with Gasteiger partial charge in [0.1, 0.15) is 5.75 Å². The van der Waals surface area contributed by atoms with Crippen molar-refractivity contribution in [3.63, 3.8) is 0 Å². The number of amides is 1. The molecule has 3 rings (SSSR count). The standard InChI is InChI=1S/C21H20N2O5/c1-14(17-9-5-7-15-6-3-4-8-18(15)17)22-21(24)13-28-20-11-10-16(27-2)12-19(20)23(25)26/h3-12,14H,13H2,1-2H3,(H,22,24)/t14-/m0/s1. The van der Waals surface area contributed by atoms with Gasteiger partial charge in [0.15, 0.2) is 12.4 Å². The van der Waals surface area contributed by atoms with Crippen molar-refractivity contribution >= 4 is 22.4 Å². The van der Waals surface area contributed by atoms with Gasteiger partial charge in [-0.25, -0.2) is 0 Å². The summed E-state index contributed by atoms with van der Waals surface area (Å²) in [6.07, 6.45) is 0. The van der Waals surface area contributed by atoms with Crippen LogP contribution in [-0.2, 0) is 4.79 Å². The van der Waals surface area contributed by atoms with Crippen molar-refractivity contribution in [2.24, 2.45) is 0 Å². The van der Waals surface area contributed by atoms with Gasteiger partial charge >= 0.3 is 5.69 Å². The molecule has 28 heavy (non-hydrogen) atoms. The molecule has 0 aliphatic carbocycles. The summed E-state index contributed by atoms with van der Waals surface area (Å²) in [5.74, 6) is -0.0163. The average molecular weight is 380 g/mol. The number of methoxy groups -OCH3 is 1. The van der Waals surface area contributed by atoms with Crippen molar-refractivity contribution in [1.29, 1.82) is 0 Å². The molecular weight excluding hydrogens is 360 g/mol. The van der Waals surface area contributed by atoms with Crippen LogP contribution in [0.1, 0.15) is 18.5 Å². The average Bonchev–Trinajstić information content (AvgIpc) is 2.71. The zero-order chi connectivity index (χ0) is 20.1. The van der Waals surface area contributed by atoms with E-state index >= 15 is 0 Å². The van der Waals surface area contributed by atoms with Gasteiger partial charge in [0.05, 0.1) is 24.1 Å². The minimum atomic E-state index is -0.575. The number of hydrogen-bond donors (Lipinski definition) is 1. The van der Waals surface area contributed by atoms with Gasteiger partial charge in [-0.05, 0) is 35.4 Å². The number of carbonyl (C=O) groups is 1. The quantitative estimate of drug-likeness (QED) is 0.494. The largest absolute Gasteiger partial charge is 0.496 e. The van der Waals surface area contributed by atoms with Gasteiger partial charge in [0.25, 0.3) is 5.91 Å². The van der Waals surface area contributed by atoms with E-state index in [2.05, 4.69) is 5.32 Å². The first kappa shape index (κ1) is 19.2. The van der Waals surface area contributed by atoms with E-state index < -0.39 is 4.92 Å². The number of ether oxygens (including phenoxy) is 2. The van der Waals surface area contributed by atoms with Gasteiger partial charge in [0.2, 0.25) is 0 Å². The number of nitro benzene ring substituents is 1. The lowest BCUT2D eigenvalue weighted by Gasteiger charge is -2.17. The lowest BCUT2D eigenvalue weighted by Crippen LogP contribution is -2.31. The van der Waals surface area contributed by atoms with Gasteiger partial charge in [0, 0.05) is 0 Å². The number of fused-ring (bicyclic) bond motifs is 1. The van der Waals surface area contributed by atoms with E-state index in [0.717, 1.165) is 16.3 Å². The van der Waals surface area contributed by atoms with Crippen LogP contribution in [0.25, 0.3) is 10.8 Å². The van der Waals surface area contributed by atoms with Crippen LogP contribution in [0.15, 0.2) is 60.7 Å². The van der Waals surface area contributed by atoms with Crippen LogP contribution < -0.4 is 14.8 Å². The molecule has 0 aliphatic rings. The highest BCUT2D eigenvalue weighted by Crippen LogP contribution is 2.31. The maximum absolute atomic E-state index is 12.3. The minimum absolute atomic E-state index is 0.0127. The Morgan fingerprint density at radius 3 is 2.64 bits per heavy atom. The Bertz CT molecular complexity index is 1010. The number of benzene rings is 3. The van der Waals surface area contributed by atoms with Gasteiger partial charge in [-0.3, -0.25) is 14.9 Å². The molecule has 0 radical (unpaired) electrons. The molecule has 144 valence electrons. The Morgan fingerprint density at radius 2 is 1.89 bits per heavy atom. The van der Waals surface area contributed by atoms with Crippen LogP contribution in [0.2, 0.25) is 0 Å². The summed E-state index contributed by atoms with van der Waals surface area (Å²) in [5, 5.41) is 16.2. The van der Waals surface area contributed by atoms with E-state index in [1.165, 1.54) is 19.2 Å². The third-order valence-corrected chi connectivity index (χ3v) is 4.39. The predicted octanol–water partition coefficient (Wildman–Crippen LogP) is 4.01. The molecule has 0 heterocycles. The summed E-state index contributed by atoms with van der Waals surface area (Å²) in [6, 6.07) is 17.8. The van der Waals surface area contributed by atoms with Crippen molar-refractivity contribution in [3.8, 4) is 11.5 Å². The molecule has 7 nitrogen and oxygen atoms in total. The molecule has 0 saturated carbocycles. The number of nitrogens with zero attached hydrogens (tertiary/aromatic N) is 1. The zero-order valence-corrected chi connectivity index (χ0v) is 15.5. The minimum Gasteiger partial charge on any atom is -0.496 e. The summed E-state index contributed by atoms with van der Waals surface area (Å²) in [6.45, 7) is 1.55. The molecule has 0 unspecified atom stereocenters. The molecular formula is C21H20N2O5. The lowest BCUT2D eigenvalue weighted by atomic mass is 10.00. The molecule has 1 amide bonds. The smallest absolute Gasteiger partial charge is 0.314 e. The second kappa shape index (κ2) is 8.39. The third kappa shape index (κ3) is 4.20. The van der Waals surface area contributed by atoms with E-state index in [1.807, 2.05) is 49.4 Å². The van der Waals surface area contributed by atoms with Crippen molar-refractivity contribution in [3.05, 3.63) is 76.3 Å². The third-order valence-electron chi connectivity index (χ3n) is 4.39. The molecule has 1 atom stereocenters. The number of hydrogen-bond acceptors (Lipinski definition) is 5. The first-order valence-corrected chi connectivity index (χ1v) is 8.72. The SMILES string of the molecule is COc1ccc(OCC(=O)N[C@@H](C)c2cccc3ccccc23)c([N+](=O)[O-])c1. The van der Waals surface area contributed by atoms with Gasteiger partial charge in [-0.2, -0.15) is 0 Å². The number of nitro groups is 1. The van der Waals surface area contributed by atoms with Crippen molar-refractivity contribution < 1.29 is 19.2 Å². The second-order valence-electron chi connectivity index (χ2n) is 6.24. The zero-order valence-electron chi connectivity index (χ0n) is 15.5. The Hall–Kier alpha value is -3.61. The summed E-state index contributed by atoms with van der Waals surface area (Å²) in [7, 11) is 1.42. The van der Waals surface area contributed by atoms with E-state index in [9.17, 15) is 14.9 Å². The molecule has 3 aromatic carbocycles. The van der Waals surface area contributed by atoms with Crippen molar-refractivity contribution in [1.82, 2.24) is 5.32 Å². The Morgan fingerprint density at radius 1 is 1.14 bits per heavy atom. The maximum atomic E-state index is 12.3. The highest BCUT2D eigenvalue weighted by molar-refractivity contribution is 5.87. The Balaban J connectivity index is 1.68. The van der Waals surface area contributed by atoms with Gasteiger partial charge in [-0.1, -0.05) is 42.5 Å². The normalized spacial score (nSPS) is 11.6. The maximum Gasteiger partial charge on any atom is 0.314 e. The summed E-state index contributed by atoms with van der Waals surface area (Å²) < 4.78 is 10.4. The first-order chi connectivity index (χ1) is 13.5. The highest BCUT2D eigenvalue weighted by atomic mass is 16.6. The van der Waals surface area contributed by atoms with Crippen LogP contribution in [-0.4, -0.2) is 24.5 Å². The van der Waals surface area contributed by atoms with Crippen molar-refractivity contribution in [2.45, 2.75) is 13.0 Å². The molecule has 1 N–H and O–H groups in total. The number of nitrogens with one attached hydrogen (secondary N) is 1. The molecule has 0 fully saturated rings. The van der Waals surface area contributed by atoms with E-state index in [4.69, 9.17) is 9.47 Å². The molecule has 0 bridgehead atoms. The van der Waals surface area contributed by atoms with Crippen LogP contribution in [0.3, 0.4) is 0 Å². The van der Waals surface area contributed by atoms with Crippen LogP contribution in [0, 0.1) is 10.1 Å². The predicted molar refractivity (Wildman–Crippen MR) is 106 cm³/mol. The van der Waals surface area contributed by atoms with Crippen LogP contribution in [0.4, 0.5) is 5.69 Å². The molecule has 0 spiro atoms. The fraction of sp³-hybridized carbons (Fsp3) is 0.190. The Kier molecular flexibility index (Phi) is 5.74. The topological polar surface area (TPSA) is 90.7 Å². The molecule has 0 aromatic heterocycles. The monoisotopic (exact) mass is 380 g/mol. The first-order valence-electron chi connectivity index (χ1n) is 8.72. The van der Waals surface area contributed by atoms with E-state index in [-0.39, 0.29) is 30.0 Å². The molecule has 7 heteroatoms. The molecule has 3 aromatic rings.